The Hall–Kier alpha value is -1.53. The number of nitrogens with zero attached hydrogens (tertiary/aromatic N) is 1. The highest BCUT2D eigenvalue weighted by Gasteiger charge is 2.19. The molecule has 17 heavy (non-hydrogen) atoms. The van der Waals surface area contributed by atoms with Gasteiger partial charge in [0, 0.05) is 12.6 Å². The van der Waals surface area contributed by atoms with Crippen molar-refractivity contribution in [3.8, 4) is 0 Å². The first-order chi connectivity index (χ1) is 7.95. The van der Waals surface area contributed by atoms with Gasteiger partial charge in [0.25, 0.3) is 0 Å². The molecule has 0 fully saturated rings. The average molecular weight is 245 g/mol. The van der Waals surface area contributed by atoms with E-state index in [1.165, 1.54) is 14.2 Å². The molecule has 1 N–H and O–H groups in total. The molecule has 0 aliphatic rings. The van der Waals surface area contributed by atoms with Gasteiger partial charge in [-0.1, -0.05) is 0 Å². The summed E-state index contributed by atoms with van der Waals surface area (Å²) >= 11 is 0. The van der Waals surface area contributed by atoms with E-state index >= 15 is 0 Å². The van der Waals surface area contributed by atoms with Crippen molar-refractivity contribution in [2.24, 2.45) is 0 Å². The number of aliphatic hydroxyl groups excluding tert-OH is 1. The van der Waals surface area contributed by atoms with Gasteiger partial charge in [-0.15, -0.1) is 0 Å². The van der Waals surface area contributed by atoms with E-state index in [4.69, 9.17) is 0 Å². The Labute approximate surface area is 97.4 Å². The van der Waals surface area contributed by atoms with Gasteiger partial charge in [-0.05, 0) is 18.2 Å². The first kappa shape index (κ1) is 13.5. The number of carbonyl (C=O) groups is 1. The lowest BCUT2D eigenvalue weighted by Crippen LogP contribution is -2.27. The number of amides is 1. The SMILES string of the molecule is CON(C)C(=O)CC(O)c1cc(F)ccc1F. The van der Waals surface area contributed by atoms with Crippen LogP contribution in [0.2, 0.25) is 0 Å². The molecule has 0 spiro atoms. The van der Waals surface area contributed by atoms with Crippen LogP contribution in [0.1, 0.15) is 18.1 Å². The van der Waals surface area contributed by atoms with Gasteiger partial charge in [-0.3, -0.25) is 9.63 Å². The van der Waals surface area contributed by atoms with E-state index in [0.29, 0.717) is 0 Å². The fraction of sp³-hybridized carbons (Fsp3) is 0.364. The van der Waals surface area contributed by atoms with Crippen LogP contribution in [0, 0.1) is 11.6 Å². The fourth-order valence-corrected chi connectivity index (χ4v) is 1.28. The lowest BCUT2D eigenvalue weighted by atomic mass is 10.1. The molecular weight excluding hydrogens is 232 g/mol. The minimum atomic E-state index is -1.41. The monoisotopic (exact) mass is 245 g/mol. The van der Waals surface area contributed by atoms with Crippen LogP contribution in [0.15, 0.2) is 18.2 Å². The molecule has 0 radical (unpaired) electrons. The summed E-state index contributed by atoms with van der Waals surface area (Å²) in [4.78, 5) is 16.0. The molecule has 0 saturated heterocycles. The van der Waals surface area contributed by atoms with Crippen molar-refractivity contribution in [3.63, 3.8) is 0 Å². The van der Waals surface area contributed by atoms with Crippen molar-refractivity contribution in [2.45, 2.75) is 12.5 Å². The summed E-state index contributed by atoms with van der Waals surface area (Å²) in [6.07, 6.45) is -1.79. The zero-order chi connectivity index (χ0) is 13.0. The second-order valence-electron chi connectivity index (χ2n) is 3.46. The molecule has 0 aromatic heterocycles. The molecule has 0 aliphatic carbocycles. The summed E-state index contributed by atoms with van der Waals surface area (Å²) in [5.74, 6) is -1.97. The first-order valence-electron chi connectivity index (χ1n) is 4.89. The number of benzene rings is 1. The largest absolute Gasteiger partial charge is 0.388 e. The predicted octanol–water partition coefficient (Wildman–Crippen LogP) is 1.41. The second kappa shape index (κ2) is 5.70. The predicted molar refractivity (Wildman–Crippen MR) is 55.7 cm³/mol. The Morgan fingerprint density at radius 2 is 2.18 bits per heavy atom. The minimum Gasteiger partial charge on any atom is -0.388 e. The van der Waals surface area contributed by atoms with Gasteiger partial charge in [0.05, 0.1) is 19.6 Å². The van der Waals surface area contributed by atoms with Crippen LogP contribution in [0.3, 0.4) is 0 Å². The Bertz CT molecular complexity index is 412. The topological polar surface area (TPSA) is 49.8 Å². The van der Waals surface area contributed by atoms with Crippen molar-refractivity contribution < 1.29 is 23.5 Å². The summed E-state index contributed by atoms with van der Waals surface area (Å²) in [6, 6.07) is 2.70. The summed E-state index contributed by atoms with van der Waals surface area (Å²) in [5.41, 5.74) is -0.247. The molecular formula is C11H13F2NO3. The molecule has 0 saturated carbocycles. The Morgan fingerprint density at radius 3 is 2.76 bits per heavy atom. The third kappa shape index (κ3) is 3.47. The number of carbonyl (C=O) groups excluding carboxylic acids is 1. The number of hydrogen-bond donors (Lipinski definition) is 1. The maximum atomic E-state index is 13.3. The van der Waals surface area contributed by atoms with Crippen LogP contribution in [-0.2, 0) is 9.63 Å². The molecule has 1 amide bonds. The van der Waals surface area contributed by atoms with E-state index in [2.05, 4.69) is 4.84 Å². The van der Waals surface area contributed by atoms with Crippen molar-refractivity contribution >= 4 is 5.91 Å². The highest BCUT2D eigenvalue weighted by atomic mass is 19.1. The number of aliphatic hydroxyl groups is 1. The van der Waals surface area contributed by atoms with Crippen molar-refractivity contribution in [1.82, 2.24) is 5.06 Å². The van der Waals surface area contributed by atoms with Crippen LogP contribution in [-0.4, -0.2) is 30.2 Å². The lowest BCUT2D eigenvalue weighted by Gasteiger charge is -2.16. The smallest absolute Gasteiger partial charge is 0.248 e. The van der Waals surface area contributed by atoms with Gasteiger partial charge in [0.15, 0.2) is 0 Å². The molecule has 6 heteroatoms. The van der Waals surface area contributed by atoms with Gasteiger partial charge in [0.1, 0.15) is 11.6 Å². The van der Waals surface area contributed by atoms with Gasteiger partial charge in [-0.2, -0.15) is 0 Å². The van der Waals surface area contributed by atoms with Crippen molar-refractivity contribution in [2.75, 3.05) is 14.2 Å². The fourth-order valence-electron chi connectivity index (χ4n) is 1.28. The maximum absolute atomic E-state index is 13.3. The Balaban J connectivity index is 2.79. The molecule has 1 rings (SSSR count). The molecule has 1 atom stereocenters. The molecule has 1 aromatic carbocycles. The maximum Gasteiger partial charge on any atom is 0.248 e. The molecule has 1 aromatic rings. The number of hydroxylamine groups is 2. The minimum absolute atomic E-state index is 0.247. The molecule has 0 bridgehead atoms. The zero-order valence-corrected chi connectivity index (χ0v) is 9.48. The summed E-state index contributed by atoms with van der Waals surface area (Å²) in [7, 11) is 2.64. The van der Waals surface area contributed by atoms with Crippen LogP contribution >= 0.6 is 0 Å². The molecule has 0 heterocycles. The molecule has 94 valence electrons. The summed E-state index contributed by atoms with van der Waals surface area (Å²) in [5, 5.41) is 10.5. The number of hydrogen-bond acceptors (Lipinski definition) is 3. The van der Waals surface area contributed by atoms with Crippen LogP contribution in [0.25, 0.3) is 0 Å². The number of halogens is 2. The summed E-state index contributed by atoms with van der Waals surface area (Å²) < 4.78 is 26.1. The van der Waals surface area contributed by atoms with Crippen LogP contribution < -0.4 is 0 Å². The van der Waals surface area contributed by atoms with Gasteiger partial charge >= 0.3 is 0 Å². The van der Waals surface area contributed by atoms with Crippen molar-refractivity contribution in [1.29, 1.82) is 0 Å². The van der Waals surface area contributed by atoms with Crippen LogP contribution in [0.4, 0.5) is 8.78 Å². The molecule has 4 nitrogen and oxygen atoms in total. The highest BCUT2D eigenvalue weighted by molar-refractivity contribution is 5.75. The molecule has 1 unspecified atom stereocenters. The second-order valence-corrected chi connectivity index (χ2v) is 3.46. The molecule has 0 aliphatic heterocycles. The summed E-state index contributed by atoms with van der Waals surface area (Å²) in [6.45, 7) is 0. The van der Waals surface area contributed by atoms with Crippen molar-refractivity contribution in [3.05, 3.63) is 35.4 Å². The highest BCUT2D eigenvalue weighted by Crippen LogP contribution is 2.21. The zero-order valence-electron chi connectivity index (χ0n) is 9.48. The van der Waals surface area contributed by atoms with E-state index < -0.39 is 23.6 Å². The average Bonchev–Trinajstić information content (AvgIpc) is 2.30. The van der Waals surface area contributed by atoms with E-state index in [1.807, 2.05) is 0 Å². The van der Waals surface area contributed by atoms with E-state index in [0.717, 1.165) is 23.3 Å². The Kier molecular flexibility index (Phi) is 4.53. The quantitative estimate of drug-likeness (QED) is 0.816. The third-order valence-electron chi connectivity index (χ3n) is 2.31. The lowest BCUT2D eigenvalue weighted by molar-refractivity contribution is -0.170. The normalized spacial score (nSPS) is 12.3. The van der Waals surface area contributed by atoms with Gasteiger partial charge in [0.2, 0.25) is 5.91 Å². The number of rotatable bonds is 4. The van der Waals surface area contributed by atoms with E-state index in [1.54, 1.807) is 0 Å². The van der Waals surface area contributed by atoms with E-state index in [9.17, 15) is 18.7 Å². The van der Waals surface area contributed by atoms with Gasteiger partial charge < -0.3 is 5.11 Å². The Morgan fingerprint density at radius 1 is 1.53 bits per heavy atom. The first-order valence-corrected chi connectivity index (χ1v) is 4.89. The van der Waals surface area contributed by atoms with E-state index in [-0.39, 0.29) is 12.0 Å². The third-order valence-corrected chi connectivity index (χ3v) is 2.31. The van der Waals surface area contributed by atoms with Crippen LogP contribution in [0.5, 0.6) is 0 Å². The standard InChI is InChI=1S/C11H13F2NO3/c1-14(17-2)11(16)6-10(15)8-5-7(12)3-4-9(8)13/h3-5,10,15H,6H2,1-2H3. The van der Waals surface area contributed by atoms with Gasteiger partial charge in [-0.25, -0.2) is 13.8 Å².